The number of piperazine rings is 1. The highest BCUT2D eigenvalue weighted by atomic mass is 35.5. The highest BCUT2D eigenvalue weighted by Gasteiger charge is 2.31. The van der Waals surface area contributed by atoms with Crippen molar-refractivity contribution in [3.05, 3.63) is 47.8 Å². The van der Waals surface area contributed by atoms with Crippen LogP contribution in [0.15, 0.2) is 36.7 Å². The van der Waals surface area contributed by atoms with Crippen LogP contribution in [0.3, 0.4) is 0 Å². The molecule has 2 aromatic rings. The van der Waals surface area contributed by atoms with E-state index >= 15 is 0 Å². The van der Waals surface area contributed by atoms with E-state index in [-0.39, 0.29) is 18.3 Å². The Hall–Kier alpha value is -2.09. The van der Waals surface area contributed by atoms with Crippen molar-refractivity contribution in [2.45, 2.75) is 19.0 Å². The molecule has 0 aliphatic carbocycles. The lowest BCUT2D eigenvalue weighted by atomic mass is 10.2. The van der Waals surface area contributed by atoms with E-state index in [1.807, 2.05) is 40.0 Å². The van der Waals surface area contributed by atoms with Crippen molar-refractivity contribution < 1.29 is 9.53 Å². The lowest BCUT2D eigenvalue weighted by Gasteiger charge is -2.32. The van der Waals surface area contributed by atoms with Crippen LogP contribution in [-0.4, -0.2) is 77.9 Å². The minimum Gasteiger partial charge on any atom is -0.497 e. The molecule has 1 amide bonds. The van der Waals surface area contributed by atoms with Gasteiger partial charge in [-0.05, 0) is 24.1 Å². The van der Waals surface area contributed by atoms with Crippen LogP contribution < -0.4 is 10.1 Å². The van der Waals surface area contributed by atoms with Gasteiger partial charge < -0.3 is 15.0 Å². The molecule has 2 saturated heterocycles. The predicted octanol–water partition coefficient (Wildman–Crippen LogP) is 1.48. The quantitative estimate of drug-likeness (QED) is 0.816. The van der Waals surface area contributed by atoms with Gasteiger partial charge >= 0.3 is 0 Å². The number of methoxy groups -OCH3 is 1. The smallest absolute Gasteiger partial charge is 0.257 e. The first-order valence-electron chi connectivity index (χ1n) is 9.62. The molecule has 1 N–H and O–H groups in total. The SMILES string of the molecule is COc1ccc(Cn2cc(C(=O)N3CCC(N4CCNCC4)C3)cn2)cc1.Cl. The molecule has 4 rings (SSSR count). The zero-order valence-electron chi connectivity index (χ0n) is 16.2. The second kappa shape index (κ2) is 9.41. The Bertz CT molecular complexity index is 773. The van der Waals surface area contributed by atoms with E-state index in [1.165, 1.54) is 0 Å². The molecular weight excluding hydrogens is 378 g/mol. The zero-order chi connectivity index (χ0) is 18.6. The van der Waals surface area contributed by atoms with E-state index in [0.717, 1.165) is 57.0 Å². The number of benzene rings is 1. The molecule has 0 radical (unpaired) electrons. The van der Waals surface area contributed by atoms with Gasteiger partial charge in [-0.3, -0.25) is 14.4 Å². The Morgan fingerprint density at radius 3 is 2.68 bits per heavy atom. The Kier molecular flexibility index (Phi) is 6.93. The van der Waals surface area contributed by atoms with Gasteiger partial charge in [0.1, 0.15) is 5.75 Å². The van der Waals surface area contributed by atoms with Crippen molar-refractivity contribution in [1.82, 2.24) is 24.9 Å². The molecule has 28 heavy (non-hydrogen) atoms. The van der Waals surface area contributed by atoms with Gasteiger partial charge in [0.05, 0.1) is 25.4 Å². The highest BCUT2D eigenvalue weighted by Crippen LogP contribution is 2.19. The minimum absolute atomic E-state index is 0. The van der Waals surface area contributed by atoms with Gasteiger partial charge in [0.25, 0.3) is 5.91 Å². The molecule has 1 atom stereocenters. The number of carbonyl (C=O) groups is 1. The summed E-state index contributed by atoms with van der Waals surface area (Å²) in [4.78, 5) is 17.3. The first-order chi connectivity index (χ1) is 13.2. The van der Waals surface area contributed by atoms with Crippen LogP contribution >= 0.6 is 12.4 Å². The maximum Gasteiger partial charge on any atom is 0.257 e. The fourth-order valence-corrected chi connectivity index (χ4v) is 3.93. The third-order valence-electron chi connectivity index (χ3n) is 5.50. The number of likely N-dealkylation sites (tertiary alicyclic amines) is 1. The molecule has 2 aliphatic heterocycles. The van der Waals surface area contributed by atoms with Crippen LogP contribution in [0.2, 0.25) is 0 Å². The third kappa shape index (κ3) is 4.66. The summed E-state index contributed by atoms with van der Waals surface area (Å²) in [6, 6.07) is 8.39. The Labute approximate surface area is 172 Å². The van der Waals surface area contributed by atoms with Crippen LogP contribution in [0, 0.1) is 0 Å². The van der Waals surface area contributed by atoms with Gasteiger partial charge in [0, 0.05) is 51.5 Å². The van der Waals surface area contributed by atoms with E-state index in [2.05, 4.69) is 15.3 Å². The van der Waals surface area contributed by atoms with Crippen molar-refractivity contribution >= 4 is 18.3 Å². The fraction of sp³-hybridized carbons (Fsp3) is 0.500. The summed E-state index contributed by atoms with van der Waals surface area (Å²) in [6.45, 7) is 6.53. The van der Waals surface area contributed by atoms with Gasteiger partial charge in [-0.1, -0.05) is 12.1 Å². The molecule has 1 unspecified atom stereocenters. The largest absolute Gasteiger partial charge is 0.497 e. The van der Waals surface area contributed by atoms with E-state index in [1.54, 1.807) is 13.3 Å². The van der Waals surface area contributed by atoms with Gasteiger partial charge in [-0.15, -0.1) is 12.4 Å². The second-order valence-corrected chi connectivity index (χ2v) is 7.25. The topological polar surface area (TPSA) is 62.6 Å². The van der Waals surface area contributed by atoms with E-state index < -0.39 is 0 Å². The Balaban J connectivity index is 0.00000225. The van der Waals surface area contributed by atoms with Crippen LogP contribution in [0.4, 0.5) is 0 Å². The highest BCUT2D eigenvalue weighted by molar-refractivity contribution is 5.94. The van der Waals surface area contributed by atoms with Crippen molar-refractivity contribution in [3.63, 3.8) is 0 Å². The van der Waals surface area contributed by atoms with Gasteiger partial charge in [-0.2, -0.15) is 5.10 Å². The van der Waals surface area contributed by atoms with E-state index in [9.17, 15) is 4.79 Å². The molecule has 1 aromatic heterocycles. The molecule has 2 fully saturated rings. The average molecular weight is 406 g/mol. The Morgan fingerprint density at radius 2 is 1.96 bits per heavy atom. The van der Waals surface area contributed by atoms with E-state index in [0.29, 0.717) is 18.2 Å². The van der Waals surface area contributed by atoms with Crippen LogP contribution in [-0.2, 0) is 6.54 Å². The maximum atomic E-state index is 12.8. The normalized spacial score (nSPS) is 20.0. The maximum absolute atomic E-state index is 12.8. The fourth-order valence-electron chi connectivity index (χ4n) is 3.93. The summed E-state index contributed by atoms with van der Waals surface area (Å²) < 4.78 is 7.00. The molecule has 3 heterocycles. The third-order valence-corrected chi connectivity index (χ3v) is 5.50. The number of nitrogens with zero attached hydrogens (tertiary/aromatic N) is 4. The zero-order valence-corrected chi connectivity index (χ0v) is 17.0. The van der Waals surface area contributed by atoms with Gasteiger partial charge in [0.2, 0.25) is 0 Å². The van der Waals surface area contributed by atoms with E-state index in [4.69, 9.17) is 4.74 Å². The number of carbonyl (C=O) groups excluding carboxylic acids is 1. The van der Waals surface area contributed by atoms with Gasteiger partial charge in [0.15, 0.2) is 0 Å². The number of aromatic nitrogens is 2. The molecule has 0 saturated carbocycles. The summed E-state index contributed by atoms with van der Waals surface area (Å²) in [6.07, 6.45) is 4.60. The number of hydrogen-bond acceptors (Lipinski definition) is 5. The molecule has 2 aliphatic rings. The lowest BCUT2D eigenvalue weighted by molar-refractivity contribution is 0.0773. The molecule has 152 valence electrons. The standard InChI is InChI=1S/C20H27N5O2.ClH/c1-27-19-4-2-16(3-5-19)13-25-14-17(12-22-25)20(26)24-9-6-18(15-24)23-10-7-21-8-11-23;/h2-5,12,14,18,21H,6-11,13,15H2,1H3;1H. The molecule has 0 bridgehead atoms. The number of amides is 1. The second-order valence-electron chi connectivity index (χ2n) is 7.25. The number of rotatable bonds is 5. The molecular formula is C20H28ClN5O2. The number of halogens is 1. The van der Waals surface area contributed by atoms with Crippen molar-refractivity contribution in [1.29, 1.82) is 0 Å². The summed E-state index contributed by atoms with van der Waals surface area (Å²) >= 11 is 0. The number of ether oxygens (including phenoxy) is 1. The first-order valence-corrected chi connectivity index (χ1v) is 9.62. The number of nitrogens with one attached hydrogen (secondary N) is 1. The van der Waals surface area contributed by atoms with Crippen molar-refractivity contribution in [2.24, 2.45) is 0 Å². The summed E-state index contributed by atoms with van der Waals surface area (Å²) in [7, 11) is 1.66. The molecule has 8 heteroatoms. The van der Waals surface area contributed by atoms with Crippen molar-refractivity contribution in [3.8, 4) is 5.75 Å². The van der Waals surface area contributed by atoms with Crippen molar-refractivity contribution in [2.75, 3.05) is 46.4 Å². The summed E-state index contributed by atoms with van der Waals surface area (Å²) in [5.41, 5.74) is 1.79. The summed E-state index contributed by atoms with van der Waals surface area (Å²) in [5, 5.41) is 7.76. The molecule has 0 spiro atoms. The average Bonchev–Trinajstić information content (AvgIpc) is 3.39. The van der Waals surface area contributed by atoms with Crippen LogP contribution in [0.5, 0.6) is 5.75 Å². The van der Waals surface area contributed by atoms with Crippen LogP contribution in [0.1, 0.15) is 22.3 Å². The lowest BCUT2D eigenvalue weighted by Crippen LogP contribution is -2.49. The van der Waals surface area contributed by atoms with Crippen LogP contribution in [0.25, 0.3) is 0 Å². The predicted molar refractivity (Wildman–Crippen MR) is 110 cm³/mol. The molecule has 1 aromatic carbocycles. The molecule has 7 nitrogen and oxygen atoms in total. The summed E-state index contributed by atoms with van der Waals surface area (Å²) in [5.74, 6) is 0.928. The Morgan fingerprint density at radius 1 is 1.21 bits per heavy atom. The van der Waals surface area contributed by atoms with Gasteiger partial charge in [-0.25, -0.2) is 0 Å². The number of hydrogen-bond donors (Lipinski definition) is 1. The minimum atomic E-state index is 0. The monoisotopic (exact) mass is 405 g/mol. The first kappa shape index (κ1) is 20.6.